The third-order valence-corrected chi connectivity index (χ3v) is 9.27. The minimum Gasteiger partial charge on any atom is -0.333 e. The van der Waals surface area contributed by atoms with Gasteiger partial charge in [-0.25, -0.2) is 18.4 Å². The second-order valence-electron chi connectivity index (χ2n) is 10.3. The Hall–Kier alpha value is -3.96. The van der Waals surface area contributed by atoms with Gasteiger partial charge in [0.25, 0.3) is 11.5 Å². The van der Waals surface area contributed by atoms with E-state index in [1.54, 1.807) is 0 Å². The molecule has 10 nitrogen and oxygen atoms in total. The van der Waals surface area contributed by atoms with Gasteiger partial charge in [-0.2, -0.15) is 18.2 Å². The molecule has 0 bridgehead atoms. The number of nitrogens with zero attached hydrogens (tertiary/aromatic N) is 5. The molecule has 0 unspecified atom stereocenters. The van der Waals surface area contributed by atoms with Gasteiger partial charge >= 0.3 is 17.8 Å². The highest BCUT2D eigenvalue weighted by Crippen LogP contribution is 2.37. The number of carbonyl (C=O) groups excluding carboxylic acids is 2. The maximum atomic E-state index is 15.2. The average molecular weight is 658 g/mol. The summed E-state index contributed by atoms with van der Waals surface area (Å²) in [6, 6.07) is 1.21. The molecule has 1 aliphatic rings. The lowest BCUT2D eigenvalue weighted by molar-refractivity contribution is -0.151. The summed E-state index contributed by atoms with van der Waals surface area (Å²) in [5, 5.41) is 2.81. The van der Waals surface area contributed by atoms with Crippen molar-refractivity contribution in [2.75, 3.05) is 20.1 Å². The summed E-state index contributed by atoms with van der Waals surface area (Å²) in [6.45, 7) is 1.16. The summed E-state index contributed by atoms with van der Waals surface area (Å²) >= 11 is 1.76. The average Bonchev–Trinajstić information content (AvgIpc) is 3.54. The lowest BCUT2D eigenvalue weighted by atomic mass is 9.98. The molecule has 0 N–H and O–H groups in total. The SMILES string of the molecule is CN1CCC(C(=O)On2c(-c3ccc(F)c(C(F)(F)F)c3F)csc2=NC(=O)Cc2csc3c2c(=O)n(C)c(=O)n3C)CC1. The van der Waals surface area contributed by atoms with Crippen LogP contribution >= 0.6 is 22.7 Å². The molecule has 0 atom stereocenters. The molecular formula is C27H24F5N5O5S2. The fourth-order valence-corrected chi connectivity index (χ4v) is 6.78. The Morgan fingerprint density at radius 1 is 1.02 bits per heavy atom. The zero-order chi connectivity index (χ0) is 32.1. The van der Waals surface area contributed by atoms with Gasteiger partial charge in [-0.3, -0.25) is 18.7 Å². The fraction of sp³-hybridized carbons (Fsp3) is 0.370. The molecule has 5 rings (SSSR count). The van der Waals surface area contributed by atoms with Crippen LogP contribution in [0.25, 0.3) is 21.5 Å². The van der Waals surface area contributed by atoms with Gasteiger partial charge in [0.05, 0.1) is 17.7 Å². The first-order chi connectivity index (χ1) is 20.7. The van der Waals surface area contributed by atoms with E-state index >= 15 is 4.39 Å². The molecule has 44 heavy (non-hydrogen) atoms. The number of thiazole rings is 1. The van der Waals surface area contributed by atoms with Crippen molar-refractivity contribution in [2.45, 2.75) is 25.4 Å². The molecule has 0 spiro atoms. The molecule has 0 aliphatic carbocycles. The first-order valence-corrected chi connectivity index (χ1v) is 14.9. The minimum absolute atomic E-state index is 0.143. The van der Waals surface area contributed by atoms with Crippen LogP contribution in [0.5, 0.6) is 0 Å². The number of carbonyl (C=O) groups is 2. The molecule has 1 saturated heterocycles. The number of hydrogen-bond acceptors (Lipinski definition) is 8. The van der Waals surface area contributed by atoms with E-state index in [0.717, 1.165) is 27.4 Å². The number of likely N-dealkylation sites (tertiary alicyclic amines) is 1. The van der Waals surface area contributed by atoms with Gasteiger partial charge in [0.1, 0.15) is 27.7 Å². The summed E-state index contributed by atoms with van der Waals surface area (Å²) in [5.41, 5.74) is -4.12. The van der Waals surface area contributed by atoms with E-state index in [2.05, 4.69) is 4.99 Å². The highest BCUT2D eigenvalue weighted by Gasteiger charge is 2.39. The number of aromatic nitrogens is 3. The number of aryl methyl sites for hydroxylation is 1. The molecule has 3 aromatic heterocycles. The zero-order valence-corrected chi connectivity index (χ0v) is 25.0. The Morgan fingerprint density at radius 3 is 2.36 bits per heavy atom. The number of fused-ring (bicyclic) bond motifs is 1. The number of rotatable bonds is 5. The molecule has 234 valence electrons. The van der Waals surface area contributed by atoms with Gasteiger partial charge in [0.15, 0.2) is 0 Å². The van der Waals surface area contributed by atoms with E-state index < -0.39 is 70.1 Å². The lowest BCUT2D eigenvalue weighted by Gasteiger charge is -2.27. The van der Waals surface area contributed by atoms with Crippen molar-refractivity contribution in [1.29, 1.82) is 0 Å². The third-order valence-electron chi connectivity index (χ3n) is 7.36. The number of hydrogen-bond donors (Lipinski definition) is 0. The molecule has 1 aliphatic heterocycles. The van der Waals surface area contributed by atoms with E-state index in [0.29, 0.717) is 52.9 Å². The molecule has 0 saturated carbocycles. The maximum Gasteiger partial charge on any atom is 0.422 e. The number of thiophene rings is 1. The molecule has 1 amide bonds. The summed E-state index contributed by atoms with van der Waals surface area (Å²) < 4.78 is 72.5. The topological polar surface area (TPSA) is 108 Å². The molecule has 1 aromatic carbocycles. The monoisotopic (exact) mass is 657 g/mol. The summed E-state index contributed by atoms with van der Waals surface area (Å²) in [5.74, 6) is -5.93. The van der Waals surface area contributed by atoms with Crippen LogP contribution in [0.4, 0.5) is 22.0 Å². The summed E-state index contributed by atoms with van der Waals surface area (Å²) in [7, 11) is 4.65. The van der Waals surface area contributed by atoms with Crippen LogP contribution in [0.2, 0.25) is 0 Å². The van der Waals surface area contributed by atoms with Crippen molar-refractivity contribution in [1.82, 2.24) is 18.8 Å². The van der Waals surface area contributed by atoms with Crippen molar-refractivity contribution in [2.24, 2.45) is 25.0 Å². The standard InChI is InChI=1S/C27H24F5N5O5S2/c1-34-8-6-13(7-9-34)24(40)42-37-17(15-4-5-16(28)20(21(15)29)27(30,31)32)12-44-25(37)33-18(38)10-14-11-43-23-19(14)22(39)35(2)26(41)36(23)3/h4-5,11-13H,6-10H2,1-3H3. The Kier molecular flexibility index (Phi) is 8.48. The predicted octanol–water partition coefficient (Wildman–Crippen LogP) is 3.09. The van der Waals surface area contributed by atoms with Gasteiger partial charge in [-0.05, 0) is 56.1 Å². The highest BCUT2D eigenvalue weighted by molar-refractivity contribution is 7.17. The van der Waals surface area contributed by atoms with Crippen LogP contribution in [0.1, 0.15) is 24.0 Å². The van der Waals surface area contributed by atoms with Crippen molar-refractivity contribution in [3.63, 3.8) is 0 Å². The number of benzene rings is 1. The van der Waals surface area contributed by atoms with Crippen molar-refractivity contribution in [3.8, 4) is 11.3 Å². The largest absolute Gasteiger partial charge is 0.422 e. The fourth-order valence-electron chi connectivity index (χ4n) is 4.92. The number of piperidine rings is 1. The van der Waals surface area contributed by atoms with Crippen molar-refractivity contribution < 1.29 is 36.4 Å². The Morgan fingerprint density at radius 2 is 1.70 bits per heavy atom. The Balaban J connectivity index is 1.58. The van der Waals surface area contributed by atoms with E-state index in [9.17, 15) is 36.7 Å². The van der Waals surface area contributed by atoms with E-state index in [-0.39, 0.29) is 15.8 Å². The number of amides is 1. The maximum absolute atomic E-state index is 15.2. The Bertz CT molecular complexity index is 1980. The van der Waals surface area contributed by atoms with Gasteiger partial charge in [0.2, 0.25) is 4.80 Å². The molecular weight excluding hydrogens is 633 g/mol. The normalized spacial score (nSPS) is 15.3. The molecule has 4 aromatic rings. The predicted molar refractivity (Wildman–Crippen MR) is 151 cm³/mol. The van der Waals surface area contributed by atoms with Crippen LogP contribution in [-0.2, 0) is 36.3 Å². The van der Waals surface area contributed by atoms with Gasteiger partial charge in [-0.15, -0.1) is 27.4 Å². The van der Waals surface area contributed by atoms with Gasteiger partial charge in [-0.1, -0.05) is 0 Å². The van der Waals surface area contributed by atoms with Gasteiger partial charge < -0.3 is 9.74 Å². The van der Waals surface area contributed by atoms with Crippen molar-refractivity contribution >= 4 is 44.8 Å². The van der Waals surface area contributed by atoms with Crippen LogP contribution in [0, 0.1) is 17.6 Å². The van der Waals surface area contributed by atoms with Gasteiger partial charge in [0, 0.05) is 25.0 Å². The van der Waals surface area contributed by atoms with E-state index in [4.69, 9.17) is 4.84 Å². The minimum atomic E-state index is -5.36. The van der Waals surface area contributed by atoms with Crippen molar-refractivity contribution in [3.05, 3.63) is 71.3 Å². The molecule has 0 radical (unpaired) electrons. The lowest BCUT2D eigenvalue weighted by Crippen LogP contribution is -2.39. The molecule has 1 fully saturated rings. The number of alkyl halides is 3. The molecule has 4 heterocycles. The quantitative estimate of drug-likeness (QED) is 0.306. The zero-order valence-electron chi connectivity index (χ0n) is 23.4. The second kappa shape index (κ2) is 11.9. The van der Waals surface area contributed by atoms with Crippen LogP contribution < -0.4 is 20.9 Å². The number of halogens is 5. The van der Waals surface area contributed by atoms with E-state index in [1.807, 2.05) is 11.9 Å². The molecule has 17 heteroatoms. The summed E-state index contributed by atoms with van der Waals surface area (Å²) in [6.07, 6.45) is -4.92. The smallest absolute Gasteiger partial charge is 0.333 e. The van der Waals surface area contributed by atoms with Crippen LogP contribution in [0.15, 0.2) is 37.5 Å². The first kappa shape index (κ1) is 31.5. The third kappa shape index (κ3) is 5.78. The van der Waals surface area contributed by atoms with Crippen LogP contribution in [0.3, 0.4) is 0 Å². The second-order valence-corrected chi connectivity index (χ2v) is 12.0. The highest BCUT2D eigenvalue weighted by atomic mass is 32.1. The van der Waals surface area contributed by atoms with Crippen LogP contribution in [-0.4, -0.2) is 50.8 Å². The Labute approximate surface area is 252 Å². The summed E-state index contributed by atoms with van der Waals surface area (Å²) in [4.78, 5) is 62.8. The van der Waals surface area contributed by atoms with E-state index in [1.165, 1.54) is 24.0 Å². The first-order valence-electron chi connectivity index (χ1n) is 13.1.